The zero-order valence-electron chi connectivity index (χ0n) is 17.4. The highest BCUT2D eigenvalue weighted by atomic mass is 16.1. The molecule has 2 aliphatic rings. The van der Waals surface area contributed by atoms with E-state index in [0.717, 1.165) is 32.0 Å². The summed E-state index contributed by atoms with van der Waals surface area (Å²) >= 11 is 0. The van der Waals surface area contributed by atoms with E-state index in [-0.39, 0.29) is 12.1 Å². The lowest BCUT2D eigenvalue weighted by Crippen LogP contribution is -2.28. The molecule has 0 heterocycles. The van der Waals surface area contributed by atoms with Crippen molar-refractivity contribution in [3.63, 3.8) is 0 Å². The summed E-state index contributed by atoms with van der Waals surface area (Å²) in [6, 6.07) is 10.1. The Kier molecular flexibility index (Phi) is 15.2. The molecule has 1 aromatic carbocycles. The summed E-state index contributed by atoms with van der Waals surface area (Å²) in [4.78, 5) is 18.5. The van der Waals surface area contributed by atoms with Crippen molar-refractivity contribution in [1.82, 2.24) is 5.32 Å². The molecular formula is C24H34N2O2. The van der Waals surface area contributed by atoms with Crippen LogP contribution in [0.3, 0.4) is 0 Å². The molecule has 0 aromatic heterocycles. The van der Waals surface area contributed by atoms with Crippen molar-refractivity contribution in [2.24, 2.45) is 5.73 Å². The SMILES string of the molecule is C=O.CC.CNC(C=O)Cc1ccccc1.NC1CCCC2=C1C=CCC#C2. The topological polar surface area (TPSA) is 72.2 Å². The molecule has 2 unspecified atom stereocenters. The molecule has 0 fully saturated rings. The number of rotatable bonds is 4. The summed E-state index contributed by atoms with van der Waals surface area (Å²) in [5.74, 6) is 6.32. The summed E-state index contributed by atoms with van der Waals surface area (Å²) in [6.45, 7) is 6.00. The summed E-state index contributed by atoms with van der Waals surface area (Å²) in [5.41, 5.74) is 9.73. The van der Waals surface area contributed by atoms with E-state index in [1.54, 1.807) is 7.05 Å². The van der Waals surface area contributed by atoms with E-state index in [0.29, 0.717) is 0 Å². The number of hydrogen-bond donors (Lipinski definition) is 2. The fourth-order valence-electron chi connectivity index (χ4n) is 2.87. The van der Waals surface area contributed by atoms with Crippen LogP contribution >= 0.6 is 0 Å². The summed E-state index contributed by atoms with van der Waals surface area (Å²) in [7, 11) is 1.79. The van der Waals surface area contributed by atoms with Crippen LogP contribution in [-0.2, 0) is 16.0 Å². The lowest BCUT2D eigenvalue weighted by molar-refractivity contribution is -0.109. The lowest BCUT2D eigenvalue weighted by Gasteiger charge is -2.20. The van der Waals surface area contributed by atoms with Gasteiger partial charge in [-0.2, -0.15) is 0 Å². The molecule has 0 amide bonds. The molecule has 152 valence electrons. The molecule has 4 nitrogen and oxygen atoms in total. The van der Waals surface area contributed by atoms with Gasteiger partial charge in [0.05, 0.1) is 6.04 Å². The summed E-state index contributed by atoms with van der Waals surface area (Å²) < 4.78 is 0. The fraction of sp³-hybridized carbons (Fsp3) is 0.417. The van der Waals surface area contributed by atoms with Gasteiger partial charge < -0.3 is 20.6 Å². The second-order valence-electron chi connectivity index (χ2n) is 6.06. The average molecular weight is 383 g/mol. The first-order valence-electron chi connectivity index (χ1n) is 9.84. The highest BCUT2D eigenvalue weighted by Gasteiger charge is 2.17. The number of hydrogen-bond acceptors (Lipinski definition) is 4. The number of carbonyl (C=O) groups is 2. The zero-order valence-corrected chi connectivity index (χ0v) is 17.4. The minimum atomic E-state index is -0.0626. The molecule has 1 aromatic rings. The smallest absolute Gasteiger partial charge is 0.137 e. The minimum absolute atomic E-state index is 0.0626. The van der Waals surface area contributed by atoms with Gasteiger partial charge in [-0.15, -0.1) is 0 Å². The fourth-order valence-corrected chi connectivity index (χ4v) is 2.87. The normalized spacial score (nSPS) is 17.4. The Morgan fingerprint density at radius 2 is 1.96 bits per heavy atom. The van der Waals surface area contributed by atoms with E-state index < -0.39 is 0 Å². The highest BCUT2D eigenvalue weighted by Crippen LogP contribution is 2.25. The van der Waals surface area contributed by atoms with Crippen molar-refractivity contribution in [3.8, 4) is 11.8 Å². The Morgan fingerprint density at radius 3 is 2.57 bits per heavy atom. The largest absolute Gasteiger partial charge is 0.324 e. The van der Waals surface area contributed by atoms with E-state index in [4.69, 9.17) is 10.5 Å². The van der Waals surface area contributed by atoms with E-state index in [1.807, 2.05) is 51.0 Å². The number of carbonyl (C=O) groups excluding carboxylic acids is 2. The summed E-state index contributed by atoms with van der Waals surface area (Å²) in [6.07, 6.45) is 10.3. The lowest BCUT2D eigenvalue weighted by atomic mass is 9.88. The van der Waals surface area contributed by atoms with E-state index in [2.05, 4.69) is 29.3 Å². The maximum atomic E-state index is 10.5. The molecule has 0 saturated heterocycles. The number of allylic oxidation sites excluding steroid dienone is 2. The minimum Gasteiger partial charge on any atom is -0.324 e. The second-order valence-corrected chi connectivity index (χ2v) is 6.06. The molecule has 3 N–H and O–H groups in total. The first-order valence-corrected chi connectivity index (χ1v) is 9.84. The number of likely N-dealkylation sites (N-methyl/N-ethyl adjacent to an activating group) is 1. The highest BCUT2D eigenvalue weighted by molar-refractivity contribution is 5.58. The van der Waals surface area contributed by atoms with Crippen LogP contribution < -0.4 is 11.1 Å². The third-order valence-electron chi connectivity index (χ3n) is 4.28. The maximum absolute atomic E-state index is 10.5. The van der Waals surface area contributed by atoms with Crippen LogP contribution in [-0.4, -0.2) is 32.2 Å². The predicted octanol–water partition coefficient (Wildman–Crippen LogP) is 3.61. The van der Waals surface area contributed by atoms with Gasteiger partial charge in [0.15, 0.2) is 0 Å². The van der Waals surface area contributed by atoms with Crippen molar-refractivity contribution in [1.29, 1.82) is 0 Å². The Bertz CT molecular complexity index is 669. The van der Waals surface area contributed by atoms with Gasteiger partial charge in [0.2, 0.25) is 0 Å². The molecule has 3 rings (SSSR count). The van der Waals surface area contributed by atoms with Crippen LogP contribution in [0.4, 0.5) is 0 Å². The number of aldehydes is 1. The van der Waals surface area contributed by atoms with Crippen LogP contribution in [0.25, 0.3) is 0 Å². The van der Waals surface area contributed by atoms with Gasteiger partial charge in [-0.25, -0.2) is 0 Å². The monoisotopic (exact) mass is 382 g/mol. The van der Waals surface area contributed by atoms with Gasteiger partial charge in [0.1, 0.15) is 13.1 Å². The van der Waals surface area contributed by atoms with Crippen LogP contribution in [0.2, 0.25) is 0 Å². The van der Waals surface area contributed by atoms with Crippen molar-refractivity contribution < 1.29 is 9.59 Å². The van der Waals surface area contributed by atoms with E-state index in [1.165, 1.54) is 23.1 Å². The second kappa shape index (κ2) is 16.7. The Balaban J connectivity index is 0.000000443. The molecule has 0 spiro atoms. The standard InChI is InChI=1S/C11H13N.C10H13NO.C2H6.CH2O/c12-11-8-4-6-9-5-2-1-3-7-10(9)11;1-11-10(8-12)7-9-5-3-2-4-6-9;2*1-2/h3,7,11H,1,4,6,8,12H2;2-6,8,10-11H,7H2,1H3;1-2H3;1H2. The van der Waals surface area contributed by atoms with Crippen LogP contribution in [0.5, 0.6) is 0 Å². The molecular weight excluding hydrogens is 348 g/mol. The van der Waals surface area contributed by atoms with E-state index >= 15 is 0 Å². The number of nitrogens with one attached hydrogen (secondary N) is 1. The molecule has 2 aliphatic carbocycles. The maximum Gasteiger partial charge on any atom is 0.137 e. The first-order chi connectivity index (χ1) is 13.7. The number of nitrogens with two attached hydrogens (primary N) is 1. The molecule has 0 saturated carbocycles. The van der Waals surface area contributed by atoms with Crippen molar-refractivity contribution >= 4 is 13.1 Å². The molecule has 28 heavy (non-hydrogen) atoms. The van der Waals surface area contributed by atoms with E-state index in [9.17, 15) is 4.79 Å². The van der Waals surface area contributed by atoms with Gasteiger partial charge in [-0.3, -0.25) is 0 Å². The quantitative estimate of drug-likeness (QED) is 0.616. The molecule has 2 atom stereocenters. The number of benzene rings is 1. The third kappa shape index (κ3) is 9.45. The third-order valence-corrected chi connectivity index (χ3v) is 4.28. The average Bonchev–Trinajstić information content (AvgIpc) is 3.03. The Labute approximate surface area is 170 Å². The predicted molar refractivity (Wildman–Crippen MR) is 118 cm³/mol. The zero-order chi connectivity index (χ0) is 21.2. The van der Waals surface area contributed by atoms with Crippen LogP contribution in [0.1, 0.15) is 45.1 Å². The van der Waals surface area contributed by atoms with Gasteiger partial charge in [0.25, 0.3) is 0 Å². The van der Waals surface area contributed by atoms with Gasteiger partial charge in [0, 0.05) is 18.0 Å². The van der Waals surface area contributed by atoms with Crippen LogP contribution in [0.15, 0.2) is 53.6 Å². The molecule has 0 aliphatic heterocycles. The van der Waals surface area contributed by atoms with Crippen LogP contribution in [0, 0.1) is 11.8 Å². The van der Waals surface area contributed by atoms with Crippen molar-refractivity contribution in [2.45, 2.75) is 58.0 Å². The Morgan fingerprint density at radius 1 is 1.29 bits per heavy atom. The van der Waals surface area contributed by atoms with Crippen molar-refractivity contribution in [2.75, 3.05) is 7.05 Å². The molecule has 0 radical (unpaired) electrons. The molecule has 0 bridgehead atoms. The Hall–Kier alpha value is -2.48. The summed E-state index contributed by atoms with van der Waals surface area (Å²) in [5, 5.41) is 2.93. The first kappa shape index (κ1) is 25.5. The van der Waals surface area contributed by atoms with Gasteiger partial charge in [-0.05, 0) is 43.9 Å². The van der Waals surface area contributed by atoms with Gasteiger partial charge >= 0.3 is 0 Å². The van der Waals surface area contributed by atoms with Crippen molar-refractivity contribution in [3.05, 3.63) is 59.2 Å². The van der Waals surface area contributed by atoms with Gasteiger partial charge in [-0.1, -0.05) is 68.2 Å². The molecule has 4 heteroatoms.